The molecule has 0 aliphatic heterocycles. The summed E-state index contributed by atoms with van der Waals surface area (Å²) in [5.41, 5.74) is 2.24. The summed E-state index contributed by atoms with van der Waals surface area (Å²) in [4.78, 5) is 11.2. The van der Waals surface area contributed by atoms with Crippen LogP contribution in [-0.2, 0) is 10.5 Å². The summed E-state index contributed by atoms with van der Waals surface area (Å²) in [7, 11) is 0. The molecule has 0 saturated heterocycles. The molecule has 0 aliphatic carbocycles. The summed E-state index contributed by atoms with van der Waals surface area (Å²) < 4.78 is 14.8. The van der Waals surface area contributed by atoms with Gasteiger partial charge in [-0.1, -0.05) is 30.0 Å². The van der Waals surface area contributed by atoms with Crippen molar-refractivity contribution >= 4 is 23.4 Å². The van der Waals surface area contributed by atoms with Crippen molar-refractivity contribution in [2.45, 2.75) is 17.8 Å². The number of hydrogen-bond donors (Lipinski definition) is 1. The molecule has 0 fully saturated rings. The van der Waals surface area contributed by atoms with Gasteiger partial charge < -0.3 is 5.32 Å². The molecular formula is C16H14FN5OS. The van der Waals surface area contributed by atoms with Gasteiger partial charge in [0, 0.05) is 18.4 Å². The van der Waals surface area contributed by atoms with Crippen LogP contribution < -0.4 is 5.32 Å². The molecule has 0 spiro atoms. The summed E-state index contributed by atoms with van der Waals surface area (Å²) in [5, 5.41) is 15.0. The van der Waals surface area contributed by atoms with Crippen molar-refractivity contribution < 1.29 is 9.18 Å². The van der Waals surface area contributed by atoms with Gasteiger partial charge in [0.2, 0.25) is 11.1 Å². The molecule has 24 heavy (non-hydrogen) atoms. The second kappa shape index (κ2) is 7.22. The van der Waals surface area contributed by atoms with E-state index in [9.17, 15) is 9.18 Å². The lowest BCUT2D eigenvalue weighted by Crippen LogP contribution is -2.07. The SMILES string of the molecule is CC(=O)Nc1cccc(-n2nnnc2SCc2cccc(F)c2)c1. The van der Waals surface area contributed by atoms with Gasteiger partial charge in [0.15, 0.2) is 0 Å². The minimum atomic E-state index is -0.268. The van der Waals surface area contributed by atoms with Crippen molar-refractivity contribution in [2.75, 3.05) is 5.32 Å². The molecule has 1 amide bonds. The van der Waals surface area contributed by atoms with Crippen LogP contribution in [0.5, 0.6) is 0 Å². The predicted octanol–water partition coefficient (Wildman–Crippen LogP) is 3.05. The van der Waals surface area contributed by atoms with E-state index < -0.39 is 0 Å². The van der Waals surface area contributed by atoms with Gasteiger partial charge in [0.1, 0.15) is 5.82 Å². The van der Waals surface area contributed by atoms with E-state index in [2.05, 4.69) is 20.8 Å². The number of rotatable bonds is 5. The van der Waals surface area contributed by atoms with Crippen LogP contribution in [0, 0.1) is 5.82 Å². The van der Waals surface area contributed by atoms with Crippen LogP contribution in [0.25, 0.3) is 5.69 Å². The lowest BCUT2D eigenvalue weighted by molar-refractivity contribution is -0.114. The predicted molar refractivity (Wildman–Crippen MR) is 89.4 cm³/mol. The molecule has 3 rings (SSSR count). The highest BCUT2D eigenvalue weighted by molar-refractivity contribution is 7.98. The maximum Gasteiger partial charge on any atom is 0.221 e. The molecular weight excluding hydrogens is 329 g/mol. The standard InChI is InChI=1S/C16H14FN5OS/c1-11(23)18-14-6-3-7-15(9-14)22-16(19-20-21-22)24-10-12-4-2-5-13(17)8-12/h2-9H,10H2,1H3,(H,18,23). The number of anilines is 1. The van der Waals surface area contributed by atoms with Crippen LogP contribution in [-0.4, -0.2) is 26.1 Å². The Bertz CT molecular complexity index is 867. The minimum Gasteiger partial charge on any atom is -0.326 e. The van der Waals surface area contributed by atoms with E-state index in [-0.39, 0.29) is 11.7 Å². The fourth-order valence-corrected chi connectivity index (χ4v) is 2.96. The van der Waals surface area contributed by atoms with Gasteiger partial charge >= 0.3 is 0 Å². The number of nitrogens with one attached hydrogen (secondary N) is 1. The number of benzene rings is 2. The highest BCUT2D eigenvalue weighted by Gasteiger charge is 2.10. The summed E-state index contributed by atoms with van der Waals surface area (Å²) >= 11 is 1.40. The number of carbonyl (C=O) groups excluding carboxylic acids is 1. The second-order valence-corrected chi connectivity index (χ2v) is 5.97. The van der Waals surface area contributed by atoms with Crippen molar-refractivity contribution in [3.05, 3.63) is 59.9 Å². The zero-order chi connectivity index (χ0) is 16.9. The van der Waals surface area contributed by atoms with Crippen molar-refractivity contribution in [3.63, 3.8) is 0 Å². The number of nitrogens with zero attached hydrogens (tertiary/aromatic N) is 4. The van der Waals surface area contributed by atoms with Gasteiger partial charge in [-0.05, 0) is 46.3 Å². The first-order chi connectivity index (χ1) is 11.6. The van der Waals surface area contributed by atoms with E-state index in [0.717, 1.165) is 11.3 Å². The van der Waals surface area contributed by atoms with Gasteiger partial charge in [-0.2, -0.15) is 4.68 Å². The Balaban J connectivity index is 1.79. The Labute approximate surface area is 142 Å². The molecule has 2 aromatic carbocycles. The average Bonchev–Trinajstić information content (AvgIpc) is 3.01. The van der Waals surface area contributed by atoms with Crippen LogP contribution in [0.2, 0.25) is 0 Å². The van der Waals surface area contributed by atoms with Crippen molar-refractivity contribution in [3.8, 4) is 5.69 Å². The third kappa shape index (κ3) is 3.96. The van der Waals surface area contributed by atoms with E-state index in [4.69, 9.17) is 0 Å². The smallest absolute Gasteiger partial charge is 0.221 e. The number of aromatic nitrogens is 4. The Hall–Kier alpha value is -2.74. The van der Waals surface area contributed by atoms with Gasteiger partial charge in [0.05, 0.1) is 5.69 Å². The van der Waals surface area contributed by atoms with Crippen LogP contribution in [0.4, 0.5) is 10.1 Å². The number of tetrazole rings is 1. The molecule has 0 bridgehead atoms. The topological polar surface area (TPSA) is 72.7 Å². The molecule has 1 heterocycles. The monoisotopic (exact) mass is 343 g/mol. The molecule has 1 N–H and O–H groups in total. The van der Waals surface area contributed by atoms with Crippen LogP contribution in [0.3, 0.4) is 0 Å². The van der Waals surface area contributed by atoms with Gasteiger partial charge in [-0.25, -0.2) is 4.39 Å². The summed E-state index contributed by atoms with van der Waals surface area (Å²) in [6, 6.07) is 13.6. The highest BCUT2D eigenvalue weighted by atomic mass is 32.2. The molecule has 0 atom stereocenters. The number of amides is 1. The molecule has 0 aliphatic rings. The Kier molecular flexibility index (Phi) is 4.85. The van der Waals surface area contributed by atoms with Crippen LogP contribution >= 0.6 is 11.8 Å². The van der Waals surface area contributed by atoms with Crippen molar-refractivity contribution in [1.29, 1.82) is 0 Å². The number of halogens is 1. The minimum absolute atomic E-state index is 0.149. The Morgan fingerprint density at radius 2 is 2.08 bits per heavy atom. The average molecular weight is 343 g/mol. The maximum absolute atomic E-state index is 13.2. The zero-order valence-electron chi connectivity index (χ0n) is 12.8. The quantitative estimate of drug-likeness (QED) is 0.721. The first-order valence-corrected chi connectivity index (χ1v) is 8.14. The number of hydrogen-bond acceptors (Lipinski definition) is 5. The molecule has 3 aromatic rings. The molecule has 0 radical (unpaired) electrons. The normalized spacial score (nSPS) is 10.6. The molecule has 1 aromatic heterocycles. The Morgan fingerprint density at radius 1 is 1.25 bits per heavy atom. The molecule has 6 nitrogen and oxygen atoms in total. The van der Waals surface area contributed by atoms with Crippen molar-refractivity contribution in [2.24, 2.45) is 0 Å². The van der Waals surface area contributed by atoms with Gasteiger partial charge in [-0.15, -0.1) is 5.10 Å². The second-order valence-electron chi connectivity index (χ2n) is 5.02. The third-order valence-electron chi connectivity index (χ3n) is 3.11. The largest absolute Gasteiger partial charge is 0.326 e. The van der Waals surface area contributed by atoms with E-state index in [1.165, 1.54) is 30.8 Å². The Morgan fingerprint density at radius 3 is 2.88 bits per heavy atom. The number of thioether (sulfide) groups is 1. The van der Waals surface area contributed by atoms with E-state index in [1.54, 1.807) is 22.9 Å². The zero-order valence-corrected chi connectivity index (χ0v) is 13.6. The molecule has 122 valence electrons. The van der Waals surface area contributed by atoms with Gasteiger partial charge in [-0.3, -0.25) is 4.79 Å². The first kappa shape index (κ1) is 16.1. The fraction of sp³-hybridized carbons (Fsp3) is 0.125. The van der Waals surface area contributed by atoms with E-state index in [0.29, 0.717) is 16.6 Å². The number of carbonyl (C=O) groups is 1. The maximum atomic E-state index is 13.2. The van der Waals surface area contributed by atoms with E-state index in [1.807, 2.05) is 18.2 Å². The summed E-state index contributed by atoms with van der Waals surface area (Å²) in [5.74, 6) is 0.129. The first-order valence-electron chi connectivity index (χ1n) is 7.15. The lowest BCUT2D eigenvalue weighted by atomic mass is 10.2. The van der Waals surface area contributed by atoms with E-state index >= 15 is 0 Å². The summed E-state index contributed by atoms with van der Waals surface area (Å²) in [6.45, 7) is 1.45. The van der Waals surface area contributed by atoms with Crippen LogP contribution in [0.1, 0.15) is 12.5 Å². The molecule has 8 heteroatoms. The molecule has 0 saturated carbocycles. The lowest BCUT2D eigenvalue weighted by Gasteiger charge is -2.07. The van der Waals surface area contributed by atoms with Crippen LogP contribution in [0.15, 0.2) is 53.7 Å². The van der Waals surface area contributed by atoms with Crippen molar-refractivity contribution in [1.82, 2.24) is 20.2 Å². The summed E-state index contributed by atoms with van der Waals surface area (Å²) in [6.07, 6.45) is 0. The molecule has 0 unspecified atom stereocenters. The highest BCUT2D eigenvalue weighted by Crippen LogP contribution is 2.23. The van der Waals surface area contributed by atoms with Gasteiger partial charge in [0.25, 0.3) is 0 Å². The third-order valence-corrected chi connectivity index (χ3v) is 4.10. The fourth-order valence-electron chi connectivity index (χ4n) is 2.12.